The van der Waals surface area contributed by atoms with Gasteiger partial charge in [-0.05, 0) is 49.1 Å². The second-order valence-corrected chi connectivity index (χ2v) is 8.42. The van der Waals surface area contributed by atoms with Crippen molar-refractivity contribution in [1.29, 1.82) is 0 Å². The summed E-state index contributed by atoms with van der Waals surface area (Å²) in [5.41, 5.74) is 5.03. The third-order valence-corrected chi connectivity index (χ3v) is 6.76. The lowest BCUT2D eigenvalue weighted by Crippen LogP contribution is -2.52. The minimum absolute atomic E-state index is 0.563. The fraction of sp³-hybridized carbons (Fsp3) is 0.619. The molecule has 23 heavy (non-hydrogen) atoms. The summed E-state index contributed by atoms with van der Waals surface area (Å²) in [6.07, 6.45) is 5.33. The van der Waals surface area contributed by atoms with E-state index in [0.29, 0.717) is 5.41 Å². The van der Waals surface area contributed by atoms with Crippen LogP contribution in [0.4, 0.5) is 5.69 Å². The van der Waals surface area contributed by atoms with Crippen LogP contribution in [0.5, 0.6) is 0 Å². The second-order valence-electron chi connectivity index (χ2n) is 8.42. The maximum absolute atomic E-state index is 2.67. The Kier molecular flexibility index (Phi) is 3.76. The minimum atomic E-state index is 0.563. The monoisotopic (exact) mass is 310 g/mol. The molecule has 0 N–H and O–H groups in total. The molecule has 1 aromatic carbocycles. The quantitative estimate of drug-likeness (QED) is 0.775. The molecule has 2 fully saturated rings. The standard InChI is InChI=1S/C21H30N2/c1-16-4-8-19(9-5-16)23-12-10-22(11-13-23)15-17-6-7-18-14-20(17)21(18,2)3/h4-6,8-9,18,20H,7,10-15H2,1-3H3/t18-,20+/m1/s1. The highest BCUT2D eigenvalue weighted by Gasteiger charge is 2.51. The Morgan fingerprint density at radius 1 is 1.04 bits per heavy atom. The molecular formula is C21H30N2. The molecule has 1 saturated heterocycles. The highest BCUT2D eigenvalue weighted by atomic mass is 15.3. The van der Waals surface area contributed by atoms with Crippen molar-refractivity contribution < 1.29 is 0 Å². The van der Waals surface area contributed by atoms with Gasteiger partial charge in [-0.15, -0.1) is 0 Å². The molecule has 2 atom stereocenters. The van der Waals surface area contributed by atoms with Crippen molar-refractivity contribution in [3.63, 3.8) is 0 Å². The van der Waals surface area contributed by atoms with E-state index in [2.05, 4.69) is 60.9 Å². The van der Waals surface area contributed by atoms with Crippen LogP contribution in [0.2, 0.25) is 0 Å². The first-order valence-corrected chi connectivity index (χ1v) is 9.27. The van der Waals surface area contributed by atoms with Crippen LogP contribution in [0.15, 0.2) is 35.9 Å². The lowest BCUT2D eigenvalue weighted by molar-refractivity contribution is -0.0107. The highest BCUT2D eigenvalue weighted by molar-refractivity contribution is 5.47. The molecule has 1 heterocycles. The lowest BCUT2D eigenvalue weighted by atomic mass is 9.49. The van der Waals surface area contributed by atoms with Crippen molar-refractivity contribution in [2.24, 2.45) is 17.3 Å². The number of piperazine rings is 1. The lowest BCUT2D eigenvalue weighted by Gasteiger charge is -2.57. The molecule has 0 unspecified atom stereocenters. The van der Waals surface area contributed by atoms with Crippen molar-refractivity contribution in [2.75, 3.05) is 37.6 Å². The van der Waals surface area contributed by atoms with Gasteiger partial charge in [0, 0.05) is 38.4 Å². The minimum Gasteiger partial charge on any atom is -0.369 e. The summed E-state index contributed by atoms with van der Waals surface area (Å²) in [5.74, 6) is 1.81. The number of benzene rings is 1. The first kappa shape index (κ1) is 15.3. The van der Waals surface area contributed by atoms with Crippen LogP contribution in [-0.2, 0) is 0 Å². The van der Waals surface area contributed by atoms with Crippen LogP contribution in [0.3, 0.4) is 0 Å². The van der Waals surface area contributed by atoms with Crippen molar-refractivity contribution in [2.45, 2.75) is 33.6 Å². The maximum Gasteiger partial charge on any atom is 0.0367 e. The largest absolute Gasteiger partial charge is 0.369 e. The number of anilines is 1. The Bertz CT molecular complexity index is 591. The summed E-state index contributed by atoms with van der Waals surface area (Å²) < 4.78 is 0. The number of hydrogen-bond acceptors (Lipinski definition) is 2. The highest BCUT2D eigenvalue weighted by Crippen LogP contribution is 2.59. The molecule has 124 valence electrons. The van der Waals surface area contributed by atoms with Gasteiger partial charge in [-0.3, -0.25) is 4.90 Å². The number of rotatable bonds is 3. The fourth-order valence-corrected chi connectivity index (χ4v) is 4.83. The number of aryl methyl sites for hydroxylation is 1. The van der Waals surface area contributed by atoms with Crippen LogP contribution in [0.1, 0.15) is 32.3 Å². The molecule has 3 aliphatic carbocycles. The van der Waals surface area contributed by atoms with Gasteiger partial charge in [-0.25, -0.2) is 0 Å². The number of hydrogen-bond donors (Lipinski definition) is 0. The van der Waals surface area contributed by atoms with Crippen LogP contribution in [-0.4, -0.2) is 37.6 Å². The number of allylic oxidation sites excluding steroid dienone is 1. The van der Waals surface area contributed by atoms with E-state index in [0.717, 1.165) is 24.9 Å². The molecule has 1 aromatic rings. The van der Waals surface area contributed by atoms with Crippen LogP contribution >= 0.6 is 0 Å². The molecule has 2 nitrogen and oxygen atoms in total. The molecular weight excluding hydrogens is 280 g/mol. The first-order valence-electron chi connectivity index (χ1n) is 9.27. The normalized spacial score (nSPS) is 29.9. The van der Waals surface area contributed by atoms with Gasteiger partial charge in [-0.1, -0.05) is 43.2 Å². The molecule has 2 heteroatoms. The third kappa shape index (κ3) is 2.71. The summed E-state index contributed by atoms with van der Waals surface area (Å²) >= 11 is 0. The second kappa shape index (κ2) is 5.66. The molecule has 1 aliphatic heterocycles. The first-order chi connectivity index (χ1) is 11.0. The smallest absolute Gasteiger partial charge is 0.0367 e. The summed E-state index contributed by atoms with van der Waals surface area (Å²) in [4.78, 5) is 5.21. The van der Waals surface area contributed by atoms with Gasteiger partial charge in [0.15, 0.2) is 0 Å². The van der Waals surface area contributed by atoms with E-state index in [-0.39, 0.29) is 0 Å². The zero-order valence-electron chi connectivity index (χ0n) is 14.9. The average molecular weight is 310 g/mol. The van der Waals surface area contributed by atoms with Gasteiger partial charge in [-0.2, -0.15) is 0 Å². The van der Waals surface area contributed by atoms with Crippen molar-refractivity contribution >= 4 is 5.69 Å². The van der Waals surface area contributed by atoms with E-state index in [1.54, 1.807) is 5.57 Å². The predicted molar refractivity (Wildman–Crippen MR) is 97.9 cm³/mol. The molecule has 0 spiro atoms. The van der Waals surface area contributed by atoms with Gasteiger partial charge >= 0.3 is 0 Å². The SMILES string of the molecule is Cc1ccc(N2CCN(CC3=CC[C@@H]4C[C@@H]3C4(C)C)CC2)cc1. The van der Waals surface area contributed by atoms with Crippen LogP contribution < -0.4 is 4.90 Å². The summed E-state index contributed by atoms with van der Waals surface area (Å²) in [5, 5.41) is 0. The molecule has 2 bridgehead atoms. The molecule has 1 saturated carbocycles. The van der Waals surface area contributed by atoms with E-state index in [1.807, 2.05) is 0 Å². The van der Waals surface area contributed by atoms with E-state index in [1.165, 1.54) is 43.7 Å². The number of nitrogens with zero attached hydrogens (tertiary/aromatic N) is 2. The van der Waals surface area contributed by atoms with Gasteiger partial charge < -0.3 is 4.90 Å². The number of fused-ring (bicyclic) bond motifs is 1. The summed E-state index contributed by atoms with van der Waals surface area (Å²) in [7, 11) is 0. The maximum atomic E-state index is 2.67. The van der Waals surface area contributed by atoms with E-state index >= 15 is 0 Å². The molecule has 0 radical (unpaired) electrons. The van der Waals surface area contributed by atoms with E-state index in [4.69, 9.17) is 0 Å². The van der Waals surface area contributed by atoms with Gasteiger partial charge in [0.2, 0.25) is 0 Å². The zero-order valence-corrected chi connectivity index (χ0v) is 14.9. The van der Waals surface area contributed by atoms with E-state index < -0.39 is 0 Å². The van der Waals surface area contributed by atoms with Crippen LogP contribution in [0.25, 0.3) is 0 Å². The Morgan fingerprint density at radius 2 is 1.74 bits per heavy atom. The molecule has 0 aromatic heterocycles. The Hall–Kier alpha value is -1.28. The Labute approximate surface area is 141 Å². The van der Waals surface area contributed by atoms with Gasteiger partial charge in [0.25, 0.3) is 0 Å². The summed E-state index contributed by atoms with van der Waals surface area (Å²) in [6.45, 7) is 13.0. The van der Waals surface area contributed by atoms with Crippen LogP contribution in [0, 0.1) is 24.2 Å². The van der Waals surface area contributed by atoms with E-state index in [9.17, 15) is 0 Å². The Morgan fingerprint density at radius 3 is 2.35 bits per heavy atom. The zero-order chi connectivity index (χ0) is 16.0. The molecule has 4 aliphatic rings. The van der Waals surface area contributed by atoms with Gasteiger partial charge in [0.05, 0.1) is 0 Å². The van der Waals surface area contributed by atoms with Crippen molar-refractivity contribution in [3.8, 4) is 0 Å². The average Bonchev–Trinajstić information content (AvgIpc) is 2.56. The fourth-order valence-electron chi connectivity index (χ4n) is 4.83. The predicted octanol–water partition coefficient (Wildman–Crippen LogP) is 4.11. The topological polar surface area (TPSA) is 6.48 Å². The van der Waals surface area contributed by atoms with Crippen molar-refractivity contribution in [1.82, 2.24) is 4.90 Å². The molecule has 0 amide bonds. The Balaban J connectivity index is 1.34. The summed E-state index contributed by atoms with van der Waals surface area (Å²) in [6, 6.07) is 8.99. The van der Waals surface area contributed by atoms with Crippen molar-refractivity contribution in [3.05, 3.63) is 41.5 Å². The van der Waals surface area contributed by atoms with Gasteiger partial charge in [0.1, 0.15) is 0 Å². The molecule has 5 rings (SSSR count). The third-order valence-electron chi connectivity index (χ3n) is 6.76.